The van der Waals surface area contributed by atoms with E-state index < -0.39 is 0 Å². The van der Waals surface area contributed by atoms with Crippen LogP contribution in [0.5, 0.6) is 0 Å². The number of aromatic nitrogens is 3. The summed E-state index contributed by atoms with van der Waals surface area (Å²) in [4.78, 5) is 22.1. The number of hydrogen-bond acceptors (Lipinski definition) is 7. The zero-order valence-corrected chi connectivity index (χ0v) is 19.2. The molecule has 2 aliphatic rings. The SMILES string of the molecule is Cc1nnc(SCC(=O)N(Cc2cccnc2)CC2CCCN(C3CCCCC3)C2)o1. The van der Waals surface area contributed by atoms with Crippen molar-refractivity contribution in [3.63, 3.8) is 0 Å². The molecule has 4 rings (SSSR count). The number of nitrogens with zero attached hydrogens (tertiary/aromatic N) is 5. The number of amides is 1. The predicted molar refractivity (Wildman–Crippen MR) is 121 cm³/mol. The third-order valence-corrected chi connectivity index (χ3v) is 7.20. The predicted octanol–water partition coefficient (Wildman–Crippen LogP) is 3.94. The molecule has 1 saturated heterocycles. The van der Waals surface area contributed by atoms with E-state index in [1.54, 1.807) is 13.1 Å². The Hall–Kier alpha value is -1.93. The molecule has 2 aromatic heterocycles. The number of piperidine rings is 1. The maximum absolute atomic E-state index is 13.2. The molecule has 2 aromatic rings. The summed E-state index contributed by atoms with van der Waals surface area (Å²) >= 11 is 1.32. The van der Waals surface area contributed by atoms with Gasteiger partial charge in [-0.05, 0) is 49.8 Å². The van der Waals surface area contributed by atoms with E-state index in [9.17, 15) is 4.79 Å². The van der Waals surface area contributed by atoms with Crippen LogP contribution in [0.4, 0.5) is 0 Å². The Morgan fingerprint density at radius 3 is 2.84 bits per heavy atom. The molecule has 1 amide bonds. The largest absolute Gasteiger partial charge is 0.416 e. The number of carbonyl (C=O) groups is 1. The van der Waals surface area contributed by atoms with Gasteiger partial charge in [-0.25, -0.2) is 0 Å². The van der Waals surface area contributed by atoms with Crippen LogP contribution in [0.1, 0.15) is 56.4 Å². The summed E-state index contributed by atoms with van der Waals surface area (Å²) in [5.41, 5.74) is 1.06. The number of rotatable bonds is 8. The van der Waals surface area contributed by atoms with Gasteiger partial charge in [0.15, 0.2) is 0 Å². The summed E-state index contributed by atoms with van der Waals surface area (Å²) in [7, 11) is 0. The summed E-state index contributed by atoms with van der Waals surface area (Å²) < 4.78 is 5.42. The summed E-state index contributed by atoms with van der Waals surface area (Å²) in [5.74, 6) is 1.46. The van der Waals surface area contributed by atoms with E-state index in [-0.39, 0.29) is 5.91 Å². The topological polar surface area (TPSA) is 75.4 Å². The van der Waals surface area contributed by atoms with Gasteiger partial charge in [0.1, 0.15) is 0 Å². The highest BCUT2D eigenvalue weighted by molar-refractivity contribution is 7.99. The first-order valence-corrected chi connectivity index (χ1v) is 12.5. The van der Waals surface area contributed by atoms with Crippen molar-refractivity contribution in [2.45, 2.75) is 69.7 Å². The second-order valence-corrected chi connectivity index (χ2v) is 9.73. The average Bonchev–Trinajstić information content (AvgIpc) is 3.23. The van der Waals surface area contributed by atoms with Crippen molar-refractivity contribution < 1.29 is 9.21 Å². The van der Waals surface area contributed by atoms with Crippen LogP contribution in [0, 0.1) is 12.8 Å². The maximum Gasteiger partial charge on any atom is 0.277 e. The molecule has 7 nitrogen and oxygen atoms in total. The van der Waals surface area contributed by atoms with Crippen molar-refractivity contribution in [1.82, 2.24) is 25.0 Å². The van der Waals surface area contributed by atoms with Gasteiger partial charge >= 0.3 is 0 Å². The second kappa shape index (κ2) is 11.1. The zero-order chi connectivity index (χ0) is 21.5. The van der Waals surface area contributed by atoms with Crippen LogP contribution < -0.4 is 0 Å². The van der Waals surface area contributed by atoms with Crippen molar-refractivity contribution in [1.29, 1.82) is 0 Å². The third kappa shape index (κ3) is 6.53. The van der Waals surface area contributed by atoms with E-state index in [2.05, 4.69) is 20.1 Å². The summed E-state index contributed by atoms with van der Waals surface area (Å²) in [6.45, 7) is 5.46. The van der Waals surface area contributed by atoms with Gasteiger partial charge in [0.05, 0.1) is 5.75 Å². The van der Waals surface area contributed by atoms with Crippen LogP contribution in [0.15, 0.2) is 34.2 Å². The van der Waals surface area contributed by atoms with E-state index in [1.165, 1.54) is 63.3 Å². The minimum absolute atomic E-state index is 0.111. The quantitative estimate of drug-likeness (QED) is 0.572. The van der Waals surface area contributed by atoms with Crippen molar-refractivity contribution in [2.24, 2.45) is 5.92 Å². The Bertz CT molecular complexity index is 824. The molecule has 1 unspecified atom stereocenters. The van der Waals surface area contributed by atoms with Crippen molar-refractivity contribution in [3.05, 3.63) is 36.0 Å². The Labute approximate surface area is 189 Å². The van der Waals surface area contributed by atoms with Crippen LogP contribution >= 0.6 is 11.8 Å². The molecule has 0 aromatic carbocycles. The summed E-state index contributed by atoms with van der Waals surface area (Å²) in [6, 6.07) is 4.71. The van der Waals surface area contributed by atoms with Gasteiger partial charge in [0, 0.05) is 45.0 Å². The van der Waals surface area contributed by atoms with Gasteiger partial charge in [0.2, 0.25) is 11.8 Å². The average molecular weight is 444 g/mol. The number of aryl methyl sites for hydroxylation is 1. The van der Waals surface area contributed by atoms with E-state index in [4.69, 9.17) is 4.42 Å². The standard InChI is InChI=1S/C23H33N5O2S/c1-18-25-26-23(30-18)31-17-22(29)28(14-19-7-5-11-24-13-19)16-20-8-6-12-27(15-20)21-9-3-2-4-10-21/h5,7,11,13,20-21H,2-4,6,8-10,12,14-17H2,1H3. The van der Waals surface area contributed by atoms with Gasteiger partial charge in [-0.15, -0.1) is 10.2 Å². The van der Waals surface area contributed by atoms with Crippen LogP contribution in [0.25, 0.3) is 0 Å². The van der Waals surface area contributed by atoms with E-state index in [0.717, 1.165) is 24.7 Å². The smallest absolute Gasteiger partial charge is 0.277 e. The Morgan fingerprint density at radius 1 is 1.23 bits per heavy atom. The minimum atomic E-state index is 0.111. The van der Waals surface area contributed by atoms with Gasteiger partial charge in [0.25, 0.3) is 5.22 Å². The van der Waals surface area contributed by atoms with Crippen LogP contribution in [-0.4, -0.2) is 62.3 Å². The fraction of sp³-hybridized carbons (Fsp3) is 0.652. The first kappa shape index (κ1) is 22.3. The first-order chi connectivity index (χ1) is 15.2. The molecule has 2 fully saturated rings. The molecule has 1 aliphatic heterocycles. The van der Waals surface area contributed by atoms with Gasteiger partial charge in [-0.3, -0.25) is 9.78 Å². The number of likely N-dealkylation sites (tertiary alicyclic amines) is 1. The van der Waals surface area contributed by atoms with Gasteiger partial charge < -0.3 is 14.2 Å². The monoisotopic (exact) mass is 443 g/mol. The number of pyridine rings is 1. The van der Waals surface area contributed by atoms with Crippen molar-refractivity contribution >= 4 is 17.7 Å². The Balaban J connectivity index is 1.38. The Morgan fingerprint density at radius 2 is 2.10 bits per heavy atom. The third-order valence-electron chi connectivity index (χ3n) is 6.40. The summed E-state index contributed by atoms with van der Waals surface area (Å²) in [5, 5.41) is 8.30. The van der Waals surface area contributed by atoms with Gasteiger partial charge in [-0.1, -0.05) is 37.1 Å². The second-order valence-electron chi connectivity index (χ2n) is 8.81. The lowest BCUT2D eigenvalue weighted by Gasteiger charge is -2.41. The highest BCUT2D eigenvalue weighted by Gasteiger charge is 2.29. The molecular weight excluding hydrogens is 410 g/mol. The fourth-order valence-corrected chi connectivity index (χ4v) is 5.56. The molecule has 8 heteroatoms. The number of carbonyl (C=O) groups excluding carboxylic acids is 1. The van der Waals surface area contributed by atoms with Crippen molar-refractivity contribution in [2.75, 3.05) is 25.4 Å². The molecular formula is C23H33N5O2S. The van der Waals surface area contributed by atoms with E-state index >= 15 is 0 Å². The van der Waals surface area contributed by atoms with Crippen LogP contribution in [0.3, 0.4) is 0 Å². The zero-order valence-electron chi connectivity index (χ0n) is 18.4. The molecule has 168 valence electrons. The number of hydrogen-bond donors (Lipinski definition) is 0. The maximum atomic E-state index is 13.2. The fourth-order valence-electron chi connectivity index (χ4n) is 4.85. The van der Waals surface area contributed by atoms with E-state index in [0.29, 0.717) is 29.3 Å². The van der Waals surface area contributed by atoms with Crippen LogP contribution in [0.2, 0.25) is 0 Å². The molecule has 31 heavy (non-hydrogen) atoms. The van der Waals surface area contributed by atoms with Crippen LogP contribution in [-0.2, 0) is 11.3 Å². The molecule has 0 N–H and O–H groups in total. The summed E-state index contributed by atoms with van der Waals surface area (Å²) in [6.07, 6.45) is 12.8. The normalized spacial score (nSPS) is 20.6. The van der Waals surface area contributed by atoms with Gasteiger partial charge in [-0.2, -0.15) is 0 Å². The van der Waals surface area contributed by atoms with E-state index in [1.807, 2.05) is 23.2 Å². The lowest BCUT2D eigenvalue weighted by molar-refractivity contribution is -0.130. The molecule has 1 atom stereocenters. The number of thioether (sulfide) groups is 1. The molecule has 3 heterocycles. The lowest BCUT2D eigenvalue weighted by atomic mass is 9.90. The molecule has 0 bridgehead atoms. The molecule has 1 aliphatic carbocycles. The van der Waals surface area contributed by atoms with Crippen molar-refractivity contribution in [3.8, 4) is 0 Å². The molecule has 0 spiro atoms. The minimum Gasteiger partial charge on any atom is -0.416 e. The highest BCUT2D eigenvalue weighted by atomic mass is 32.2. The lowest BCUT2D eigenvalue weighted by Crippen LogP contribution is -2.47. The first-order valence-electron chi connectivity index (χ1n) is 11.5. The molecule has 1 saturated carbocycles. The highest BCUT2D eigenvalue weighted by Crippen LogP contribution is 2.28. The Kier molecular flexibility index (Phi) is 7.97. The molecule has 0 radical (unpaired) electrons.